The van der Waals surface area contributed by atoms with Gasteiger partial charge in [0.2, 0.25) is 0 Å². The molecule has 3 nitrogen and oxygen atoms in total. The van der Waals surface area contributed by atoms with Gasteiger partial charge < -0.3 is 17.3 Å². The number of carboxylic acid groups (broad SMARTS) is 1. The van der Waals surface area contributed by atoms with E-state index in [1.54, 1.807) is 0 Å². The van der Waals surface area contributed by atoms with Gasteiger partial charge in [0, 0.05) is 32.7 Å². The van der Waals surface area contributed by atoms with E-state index < -0.39 is 12.0 Å². The smallest absolute Gasteiger partial charge is 0.286 e. The van der Waals surface area contributed by atoms with Crippen LogP contribution in [0.15, 0.2) is 0 Å². The number of carboxylic acids is 1. The predicted octanol–water partition coefficient (Wildman–Crippen LogP) is -0.348. The number of rotatable bonds is 2. The van der Waals surface area contributed by atoms with E-state index in [0.29, 0.717) is 0 Å². The normalized spacial score (nSPS) is 11.8. The monoisotopic (exact) mass is 190 g/mol. The number of aliphatic carboxylic acids is 1. The number of hydrogen-bond donors (Lipinski definition) is 2. The van der Waals surface area contributed by atoms with Crippen LogP contribution in [-0.4, -0.2) is 17.1 Å². The van der Waals surface area contributed by atoms with E-state index in [-0.39, 0.29) is 32.7 Å². The molecule has 0 saturated carbocycles. The summed E-state index contributed by atoms with van der Waals surface area (Å²) in [4.78, 5) is 9.77. The minimum atomic E-state index is -0.991. The first kappa shape index (κ1) is 11.3. The van der Waals surface area contributed by atoms with Crippen molar-refractivity contribution in [2.24, 2.45) is 0 Å². The molecule has 0 amide bonds. The topological polar surface area (TPSA) is 49.3 Å². The van der Waals surface area contributed by atoms with E-state index in [2.05, 4.69) is 19.3 Å². The predicted molar refractivity (Wildman–Crippen MR) is 25.3 cm³/mol. The number of carbonyl (C=O) groups is 1. The summed E-state index contributed by atoms with van der Waals surface area (Å²) in [5.74, 6) is -0.991. The van der Waals surface area contributed by atoms with Crippen LogP contribution in [0.3, 0.4) is 0 Å². The largest absolute Gasteiger partial charge is 0.487 e. The molecule has 1 atom stereocenters. The maximum atomic E-state index is 9.77. The molecular formula is C4H7NO2Y-2. The van der Waals surface area contributed by atoms with Gasteiger partial charge in [-0.3, -0.25) is 11.8 Å². The molecule has 0 rings (SSSR count). The summed E-state index contributed by atoms with van der Waals surface area (Å²) >= 11 is 0. The number of hydrogen-bond acceptors (Lipinski definition) is 2. The Hall–Kier alpha value is 0.534. The molecule has 0 aromatic rings. The maximum absolute atomic E-state index is 9.77. The van der Waals surface area contributed by atoms with Gasteiger partial charge in [0.05, 0.1) is 0 Å². The van der Waals surface area contributed by atoms with Crippen molar-refractivity contribution in [3.8, 4) is 0 Å². The molecule has 0 spiro atoms. The van der Waals surface area contributed by atoms with E-state index in [1.807, 2.05) is 0 Å². The Morgan fingerprint density at radius 1 is 1.75 bits per heavy atom. The second kappa shape index (κ2) is 5.67. The van der Waals surface area contributed by atoms with E-state index in [4.69, 9.17) is 5.11 Å². The summed E-state index contributed by atoms with van der Waals surface area (Å²) in [5, 5.41) is 10.2. The Kier molecular flexibility index (Phi) is 8.04. The van der Waals surface area contributed by atoms with Crippen molar-refractivity contribution in [2.75, 3.05) is 0 Å². The van der Waals surface area contributed by atoms with Crippen molar-refractivity contribution in [3.05, 3.63) is 14.0 Å². The molecular weight excluding hydrogens is 183 g/mol. The van der Waals surface area contributed by atoms with Crippen molar-refractivity contribution < 1.29 is 42.6 Å². The van der Waals surface area contributed by atoms with E-state index in [0.717, 1.165) is 0 Å². The second-order valence-electron chi connectivity index (χ2n) is 1.09. The molecule has 0 unspecified atom stereocenters. The van der Waals surface area contributed by atoms with Gasteiger partial charge in [-0.1, -0.05) is 6.04 Å². The second-order valence-corrected chi connectivity index (χ2v) is 1.09. The average molecular weight is 190 g/mol. The van der Waals surface area contributed by atoms with Crippen LogP contribution in [0.1, 0.15) is 0 Å². The van der Waals surface area contributed by atoms with E-state index in [1.165, 1.54) is 0 Å². The summed E-state index contributed by atoms with van der Waals surface area (Å²) < 4.78 is 0. The fourth-order valence-corrected chi connectivity index (χ4v) is 0.0873. The molecule has 0 bridgehead atoms. The van der Waals surface area contributed by atoms with Crippen molar-refractivity contribution in [1.82, 2.24) is 5.32 Å². The van der Waals surface area contributed by atoms with Crippen molar-refractivity contribution in [3.63, 3.8) is 0 Å². The van der Waals surface area contributed by atoms with Gasteiger partial charge in [0.1, 0.15) is 0 Å². The van der Waals surface area contributed by atoms with Gasteiger partial charge in [0.25, 0.3) is 5.97 Å². The third-order valence-corrected chi connectivity index (χ3v) is 0.544. The molecule has 0 aliphatic rings. The molecule has 45 valence electrons. The van der Waals surface area contributed by atoms with Crippen LogP contribution >= 0.6 is 0 Å². The SMILES string of the molecule is [CH2-]N[C@@H]([CH2-])C(=O)O.[Y]. The summed E-state index contributed by atoms with van der Waals surface area (Å²) in [6.07, 6.45) is 0. The van der Waals surface area contributed by atoms with Crippen LogP contribution in [0.2, 0.25) is 0 Å². The fourth-order valence-electron chi connectivity index (χ4n) is 0.0873. The fraction of sp³-hybridized carbons (Fsp3) is 0.250. The molecule has 1 radical (unpaired) electrons. The summed E-state index contributed by atoms with van der Waals surface area (Å²) in [7, 11) is 3.11. The molecule has 0 aromatic heterocycles. The molecule has 4 heteroatoms. The average Bonchev–Trinajstić information content (AvgIpc) is 1.65. The molecule has 0 aromatic carbocycles. The van der Waals surface area contributed by atoms with Crippen molar-refractivity contribution in [2.45, 2.75) is 6.04 Å². The van der Waals surface area contributed by atoms with Gasteiger partial charge >= 0.3 is 0 Å². The summed E-state index contributed by atoms with van der Waals surface area (Å²) in [6.45, 7) is 3.18. The van der Waals surface area contributed by atoms with Gasteiger partial charge in [-0.25, -0.2) is 0 Å². The first-order valence-corrected chi connectivity index (χ1v) is 1.77. The van der Waals surface area contributed by atoms with Gasteiger partial charge in [-0.2, -0.15) is 0 Å². The summed E-state index contributed by atoms with van der Waals surface area (Å²) in [5.41, 5.74) is 0. The third-order valence-electron chi connectivity index (χ3n) is 0.544. The van der Waals surface area contributed by atoms with Crippen LogP contribution in [0.25, 0.3) is 0 Å². The molecule has 0 aliphatic heterocycles. The van der Waals surface area contributed by atoms with Crippen LogP contribution < -0.4 is 5.32 Å². The maximum Gasteiger partial charge on any atom is 0.286 e. The van der Waals surface area contributed by atoms with Crippen LogP contribution in [0, 0.1) is 14.0 Å². The van der Waals surface area contributed by atoms with Crippen LogP contribution in [-0.2, 0) is 37.5 Å². The van der Waals surface area contributed by atoms with Crippen LogP contribution in [0.4, 0.5) is 0 Å². The zero-order valence-electron chi connectivity index (χ0n) is 4.42. The summed E-state index contributed by atoms with van der Waals surface area (Å²) in [6, 6.07) is -0.792. The van der Waals surface area contributed by atoms with Gasteiger partial charge in [0.15, 0.2) is 0 Å². The first-order valence-electron chi connectivity index (χ1n) is 1.77. The molecule has 8 heavy (non-hydrogen) atoms. The Bertz CT molecular complexity index is 76.4. The Labute approximate surface area is 73.7 Å². The number of nitrogens with one attached hydrogen (secondary N) is 1. The van der Waals surface area contributed by atoms with Gasteiger partial charge in [-0.05, 0) is 0 Å². The van der Waals surface area contributed by atoms with Crippen LogP contribution in [0.5, 0.6) is 0 Å². The Balaban J connectivity index is 0. The zero-order chi connectivity index (χ0) is 5.86. The molecule has 0 saturated heterocycles. The van der Waals surface area contributed by atoms with Gasteiger partial charge in [-0.15, -0.1) is 0 Å². The Morgan fingerprint density at radius 3 is 2.12 bits per heavy atom. The standard InChI is InChI=1S/C4H7NO2.Y/c1-3(5-2)4(6)7;/h3,5H,1-2H2,(H,6,7);/q-2;/t3-;/m0./s1. The zero-order valence-corrected chi connectivity index (χ0v) is 7.26. The van der Waals surface area contributed by atoms with Crippen molar-refractivity contribution in [1.29, 1.82) is 0 Å². The molecule has 0 fully saturated rings. The minimum Gasteiger partial charge on any atom is -0.487 e. The van der Waals surface area contributed by atoms with E-state index >= 15 is 0 Å². The third kappa shape index (κ3) is 4.69. The Morgan fingerprint density at radius 2 is 2.12 bits per heavy atom. The minimum absolute atomic E-state index is 0. The molecule has 2 N–H and O–H groups in total. The molecule has 0 heterocycles. The molecule has 0 aliphatic carbocycles. The van der Waals surface area contributed by atoms with Crippen molar-refractivity contribution >= 4 is 5.97 Å². The first-order chi connectivity index (χ1) is 3.18. The quantitative estimate of drug-likeness (QED) is 0.585. The van der Waals surface area contributed by atoms with E-state index in [9.17, 15) is 4.79 Å².